The summed E-state index contributed by atoms with van der Waals surface area (Å²) in [6, 6.07) is 3.48. The standard InChI is InChI=1S/C31H28Cl5N7O2/c1-5-19(44)41-8-10-42(11-9-41)29-16-12-18(32)27(20-21(33)22(34)23(35)24(36)25(20)38)40-30(16)43(31(45)17(29)13-37)28-15(4)6-7-39-26(28)14(2)3/h5-7,12,14,26,39H,1,8-11,38H2,2-4H3/t26-/m1/s1. The lowest BCUT2D eigenvalue weighted by Crippen LogP contribution is -2.49. The number of amides is 1. The normalized spacial score (nSPS) is 16.8. The summed E-state index contributed by atoms with van der Waals surface area (Å²) in [4.78, 5) is 35.3. The Morgan fingerprint density at radius 3 is 2.38 bits per heavy atom. The van der Waals surface area contributed by atoms with Crippen LogP contribution in [0.25, 0.3) is 28.0 Å². The first-order chi connectivity index (χ1) is 21.3. The van der Waals surface area contributed by atoms with E-state index in [0.717, 1.165) is 5.57 Å². The fraction of sp³-hybridized carbons (Fsp3) is 0.290. The molecule has 14 heteroatoms. The van der Waals surface area contributed by atoms with Gasteiger partial charge in [0.15, 0.2) is 0 Å². The van der Waals surface area contributed by atoms with E-state index in [1.54, 1.807) is 11.0 Å². The Bertz CT molecular complexity index is 1910. The van der Waals surface area contributed by atoms with Gasteiger partial charge in [0.25, 0.3) is 5.56 Å². The number of fused-ring (bicyclic) bond motifs is 1. The summed E-state index contributed by atoms with van der Waals surface area (Å²) in [6.07, 6.45) is 4.94. The van der Waals surface area contributed by atoms with E-state index in [-0.39, 0.29) is 71.1 Å². The number of hydrogen-bond acceptors (Lipinski definition) is 7. The molecule has 0 aliphatic carbocycles. The summed E-state index contributed by atoms with van der Waals surface area (Å²) in [6.45, 7) is 10.9. The third-order valence-corrected chi connectivity index (χ3v) is 10.1. The molecule has 5 rings (SSSR count). The van der Waals surface area contributed by atoms with Crippen molar-refractivity contribution in [3.63, 3.8) is 0 Å². The van der Waals surface area contributed by atoms with Crippen LogP contribution in [-0.4, -0.2) is 52.6 Å². The highest BCUT2D eigenvalue weighted by Crippen LogP contribution is 2.49. The lowest BCUT2D eigenvalue weighted by atomic mass is 9.94. The van der Waals surface area contributed by atoms with Crippen LogP contribution in [0.15, 0.2) is 41.4 Å². The zero-order valence-corrected chi connectivity index (χ0v) is 28.3. The van der Waals surface area contributed by atoms with E-state index in [1.807, 2.05) is 37.9 Å². The third kappa shape index (κ3) is 5.53. The molecule has 1 amide bonds. The summed E-state index contributed by atoms with van der Waals surface area (Å²) >= 11 is 32.7. The first-order valence-electron chi connectivity index (χ1n) is 13.9. The SMILES string of the molecule is C=CC(=O)N1CCN(c2c(C#N)c(=O)n(C3=C(C)C=CN[C@@H]3C(C)C)c3nc(-c4c(N)c(Cl)c(Cl)c(Cl)c4Cl)c(Cl)cc23)CC1. The molecular weight excluding hydrogens is 680 g/mol. The zero-order valence-electron chi connectivity index (χ0n) is 24.5. The number of benzene rings is 1. The fourth-order valence-corrected chi connectivity index (χ4v) is 6.97. The van der Waals surface area contributed by atoms with Gasteiger partial charge in [0, 0.05) is 37.1 Å². The Morgan fingerprint density at radius 1 is 1.13 bits per heavy atom. The van der Waals surface area contributed by atoms with Crippen LogP contribution in [0.3, 0.4) is 0 Å². The van der Waals surface area contributed by atoms with Crippen LogP contribution >= 0.6 is 58.0 Å². The van der Waals surface area contributed by atoms with Gasteiger partial charge in [0.1, 0.15) is 17.3 Å². The number of nitrogens with zero attached hydrogens (tertiary/aromatic N) is 5. The highest BCUT2D eigenvalue weighted by Gasteiger charge is 2.32. The molecule has 0 bridgehead atoms. The number of piperazine rings is 1. The molecule has 1 atom stereocenters. The number of halogens is 5. The van der Waals surface area contributed by atoms with Crippen molar-refractivity contribution in [2.24, 2.45) is 5.92 Å². The van der Waals surface area contributed by atoms with Gasteiger partial charge in [-0.05, 0) is 42.8 Å². The van der Waals surface area contributed by atoms with Crippen molar-refractivity contribution in [3.05, 3.63) is 77.6 Å². The average molecular weight is 708 g/mol. The monoisotopic (exact) mass is 705 g/mol. The van der Waals surface area contributed by atoms with Crippen LogP contribution in [0.4, 0.5) is 11.4 Å². The number of nitrogens with two attached hydrogens (primary N) is 1. The smallest absolute Gasteiger partial charge is 0.276 e. The molecule has 2 aliphatic heterocycles. The molecule has 45 heavy (non-hydrogen) atoms. The van der Waals surface area contributed by atoms with Crippen LogP contribution in [0.1, 0.15) is 26.3 Å². The number of carbonyl (C=O) groups excluding carboxylic acids is 1. The molecule has 1 aromatic carbocycles. The summed E-state index contributed by atoms with van der Waals surface area (Å²) in [5.41, 5.74) is 8.04. The second-order valence-electron chi connectivity index (χ2n) is 11.0. The maximum absolute atomic E-state index is 14.5. The second-order valence-corrected chi connectivity index (χ2v) is 12.9. The molecule has 2 aliphatic rings. The molecule has 0 spiro atoms. The van der Waals surface area contributed by atoms with Crippen molar-refractivity contribution in [2.45, 2.75) is 26.8 Å². The molecule has 1 saturated heterocycles. The summed E-state index contributed by atoms with van der Waals surface area (Å²) in [7, 11) is 0. The van der Waals surface area contributed by atoms with Gasteiger partial charge in [-0.2, -0.15) is 5.26 Å². The largest absolute Gasteiger partial charge is 0.397 e. The molecule has 0 radical (unpaired) electrons. The van der Waals surface area contributed by atoms with Gasteiger partial charge >= 0.3 is 0 Å². The number of nitrogen functional groups attached to an aromatic ring is 1. The fourth-order valence-electron chi connectivity index (χ4n) is 5.77. The van der Waals surface area contributed by atoms with Crippen LogP contribution < -0.4 is 21.5 Å². The van der Waals surface area contributed by atoms with E-state index < -0.39 is 5.56 Å². The van der Waals surface area contributed by atoms with E-state index in [9.17, 15) is 14.9 Å². The highest BCUT2D eigenvalue weighted by molar-refractivity contribution is 6.54. The van der Waals surface area contributed by atoms with E-state index >= 15 is 0 Å². The number of hydrogen-bond donors (Lipinski definition) is 2. The topological polar surface area (TPSA) is 120 Å². The molecule has 3 N–H and O–H groups in total. The molecule has 0 saturated carbocycles. The molecule has 234 valence electrons. The van der Waals surface area contributed by atoms with Crippen molar-refractivity contribution in [3.8, 4) is 17.3 Å². The van der Waals surface area contributed by atoms with E-state index in [1.165, 1.54) is 10.6 Å². The Labute approximate surface area is 285 Å². The molecule has 3 aromatic rings. The van der Waals surface area contributed by atoms with E-state index in [0.29, 0.717) is 42.9 Å². The number of carbonyl (C=O) groups is 1. The molecule has 9 nitrogen and oxygen atoms in total. The predicted octanol–water partition coefficient (Wildman–Crippen LogP) is 6.99. The molecule has 4 heterocycles. The Balaban J connectivity index is 1.90. The minimum atomic E-state index is -0.561. The molecular formula is C31H28Cl5N7O2. The Hall–Kier alpha value is -3.39. The average Bonchev–Trinajstić information content (AvgIpc) is 3.02. The second kappa shape index (κ2) is 12.8. The Kier molecular flexibility index (Phi) is 9.37. The number of pyridine rings is 2. The number of nitrogens with one attached hydrogen (secondary N) is 1. The minimum absolute atomic E-state index is 0.00769. The van der Waals surface area contributed by atoms with Gasteiger partial charge in [0.2, 0.25) is 5.91 Å². The summed E-state index contributed by atoms with van der Waals surface area (Å²) in [5.74, 6) is -0.146. The maximum atomic E-state index is 14.5. The van der Waals surface area contributed by atoms with Crippen molar-refractivity contribution < 1.29 is 4.79 Å². The number of allylic oxidation sites excluding steroid dienone is 2. The maximum Gasteiger partial charge on any atom is 0.276 e. The third-order valence-electron chi connectivity index (χ3n) is 8.03. The van der Waals surface area contributed by atoms with Gasteiger partial charge in [-0.1, -0.05) is 78.4 Å². The summed E-state index contributed by atoms with van der Waals surface area (Å²) in [5, 5.41) is 14.3. The molecule has 2 aromatic heterocycles. The van der Waals surface area contributed by atoms with Crippen LogP contribution in [0.5, 0.6) is 0 Å². The van der Waals surface area contributed by atoms with Crippen LogP contribution in [-0.2, 0) is 4.79 Å². The van der Waals surface area contributed by atoms with Crippen LogP contribution in [0.2, 0.25) is 25.1 Å². The summed E-state index contributed by atoms with van der Waals surface area (Å²) < 4.78 is 1.45. The van der Waals surface area contributed by atoms with E-state index in [4.69, 9.17) is 68.7 Å². The van der Waals surface area contributed by atoms with Gasteiger partial charge < -0.3 is 20.9 Å². The van der Waals surface area contributed by atoms with Crippen molar-refractivity contribution in [1.29, 1.82) is 5.26 Å². The highest BCUT2D eigenvalue weighted by atomic mass is 35.5. The quantitative estimate of drug-likeness (QED) is 0.127. The van der Waals surface area contributed by atoms with Gasteiger partial charge in [-0.25, -0.2) is 4.98 Å². The minimum Gasteiger partial charge on any atom is -0.397 e. The zero-order chi connectivity index (χ0) is 32.9. The van der Waals surface area contributed by atoms with Crippen molar-refractivity contribution in [1.82, 2.24) is 19.8 Å². The molecule has 0 unspecified atom stereocenters. The van der Waals surface area contributed by atoms with Gasteiger partial charge in [-0.3, -0.25) is 14.2 Å². The lowest BCUT2D eigenvalue weighted by molar-refractivity contribution is -0.126. The van der Waals surface area contributed by atoms with Crippen molar-refractivity contribution >= 4 is 92.0 Å². The first kappa shape index (κ1) is 33.0. The van der Waals surface area contributed by atoms with Gasteiger partial charge in [0.05, 0.1) is 53.9 Å². The van der Waals surface area contributed by atoms with Gasteiger partial charge in [-0.15, -0.1) is 0 Å². The number of aromatic nitrogens is 2. The number of anilines is 2. The first-order valence-corrected chi connectivity index (χ1v) is 15.8. The van der Waals surface area contributed by atoms with E-state index in [2.05, 4.69) is 18.0 Å². The predicted molar refractivity (Wildman–Crippen MR) is 184 cm³/mol. The number of rotatable bonds is 5. The number of dihydropyridines is 1. The van der Waals surface area contributed by atoms with Crippen LogP contribution in [0, 0.1) is 17.2 Å². The van der Waals surface area contributed by atoms with Crippen molar-refractivity contribution in [2.75, 3.05) is 36.8 Å². The molecule has 1 fully saturated rings. The Morgan fingerprint density at radius 2 is 1.78 bits per heavy atom. The number of nitriles is 1. The lowest BCUT2D eigenvalue weighted by Gasteiger charge is -2.37.